The third-order valence-electron chi connectivity index (χ3n) is 7.38. The number of fused-ring (bicyclic) bond motifs is 3. The van der Waals surface area contributed by atoms with Gasteiger partial charge in [-0.25, -0.2) is 0 Å². The van der Waals surface area contributed by atoms with Crippen LogP contribution in [0, 0.1) is 5.92 Å². The highest BCUT2D eigenvalue weighted by molar-refractivity contribution is 9.10. The first-order chi connectivity index (χ1) is 18.7. The molecule has 0 fully saturated rings. The number of benzene rings is 4. The van der Waals surface area contributed by atoms with Gasteiger partial charge in [-0.1, -0.05) is 70.5 Å². The van der Waals surface area contributed by atoms with E-state index in [9.17, 15) is 0 Å². The Labute approximate surface area is 232 Å². The quantitative estimate of drug-likeness (QED) is 0.180. The van der Waals surface area contributed by atoms with Gasteiger partial charge in [0, 0.05) is 22.3 Å². The highest BCUT2D eigenvalue weighted by Crippen LogP contribution is 2.49. The molecule has 1 aliphatic heterocycles. The molecule has 0 radical (unpaired) electrons. The van der Waals surface area contributed by atoms with Gasteiger partial charge in [0.1, 0.15) is 6.61 Å². The van der Waals surface area contributed by atoms with Gasteiger partial charge in [0.15, 0.2) is 11.5 Å². The number of allylic oxidation sites excluding steroid dienone is 2. The van der Waals surface area contributed by atoms with E-state index < -0.39 is 0 Å². The topological polar surface area (TPSA) is 42.8 Å². The summed E-state index contributed by atoms with van der Waals surface area (Å²) in [6, 6.07) is 31.5. The summed E-state index contributed by atoms with van der Waals surface area (Å²) in [5, 5.41) is 3.80. The van der Waals surface area contributed by atoms with E-state index in [1.807, 2.05) is 48.7 Å². The molecule has 4 aromatic carbocycles. The molecule has 4 nitrogen and oxygen atoms in total. The number of para-hydroxylation sites is 1. The van der Waals surface area contributed by atoms with Crippen molar-refractivity contribution in [2.45, 2.75) is 25.0 Å². The Balaban J connectivity index is 1.14. The number of halogens is 1. The lowest BCUT2D eigenvalue weighted by molar-refractivity contribution is 0.284. The van der Waals surface area contributed by atoms with Crippen molar-refractivity contribution in [2.24, 2.45) is 10.9 Å². The second-order valence-electron chi connectivity index (χ2n) is 9.74. The minimum Gasteiger partial charge on any atom is -0.493 e. The summed E-state index contributed by atoms with van der Waals surface area (Å²) in [7, 11) is 1.66. The van der Waals surface area contributed by atoms with Gasteiger partial charge >= 0.3 is 0 Å². The minimum atomic E-state index is 0.289. The van der Waals surface area contributed by atoms with Crippen molar-refractivity contribution in [3.63, 3.8) is 0 Å². The number of methoxy groups -OCH3 is 1. The van der Waals surface area contributed by atoms with E-state index in [1.165, 1.54) is 16.8 Å². The number of nitrogens with zero attached hydrogens (tertiary/aromatic N) is 1. The first-order valence-corrected chi connectivity index (χ1v) is 13.7. The van der Waals surface area contributed by atoms with E-state index in [-0.39, 0.29) is 6.04 Å². The Kier molecular flexibility index (Phi) is 7.02. The number of nitrogens with one attached hydrogen (secondary N) is 1. The molecule has 0 spiro atoms. The van der Waals surface area contributed by atoms with Gasteiger partial charge in [-0.05, 0) is 83.1 Å². The molecule has 0 unspecified atom stereocenters. The maximum atomic E-state index is 6.00. The lowest BCUT2D eigenvalue weighted by atomic mass is 9.77. The average Bonchev–Trinajstić information content (AvgIpc) is 3.46. The van der Waals surface area contributed by atoms with Crippen LogP contribution in [0.3, 0.4) is 0 Å². The summed E-state index contributed by atoms with van der Waals surface area (Å²) in [6.45, 7) is 0.475. The van der Waals surface area contributed by atoms with Crippen LogP contribution in [-0.2, 0) is 6.61 Å². The lowest BCUT2D eigenvalue weighted by Crippen LogP contribution is -2.28. The minimum absolute atomic E-state index is 0.289. The first-order valence-electron chi connectivity index (χ1n) is 12.9. The number of ether oxygens (including phenoxy) is 2. The van der Waals surface area contributed by atoms with E-state index >= 15 is 0 Å². The second kappa shape index (κ2) is 10.9. The van der Waals surface area contributed by atoms with E-state index in [4.69, 9.17) is 14.5 Å². The Morgan fingerprint density at radius 2 is 1.76 bits per heavy atom. The van der Waals surface area contributed by atoms with Crippen molar-refractivity contribution in [3.05, 3.63) is 130 Å². The molecule has 1 N–H and O–H groups in total. The lowest BCUT2D eigenvalue weighted by Gasteiger charge is -2.37. The Bertz CT molecular complexity index is 1480. The molecule has 3 atom stereocenters. The van der Waals surface area contributed by atoms with Crippen LogP contribution in [0.4, 0.5) is 11.4 Å². The van der Waals surface area contributed by atoms with E-state index in [2.05, 4.69) is 81.9 Å². The summed E-state index contributed by atoms with van der Waals surface area (Å²) in [5.74, 6) is 2.41. The molecule has 190 valence electrons. The van der Waals surface area contributed by atoms with Gasteiger partial charge in [-0.3, -0.25) is 4.99 Å². The van der Waals surface area contributed by atoms with Gasteiger partial charge < -0.3 is 14.8 Å². The molecule has 0 amide bonds. The van der Waals surface area contributed by atoms with Crippen molar-refractivity contribution in [1.82, 2.24) is 0 Å². The predicted octanol–water partition coefficient (Wildman–Crippen LogP) is 8.61. The molecule has 0 saturated heterocycles. The van der Waals surface area contributed by atoms with Crippen LogP contribution in [0.1, 0.15) is 40.6 Å². The highest BCUT2D eigenvalue weighted by Gasteiger charge is 2.37. The molecular weight excluding hydrogens is 536 g/mol. The third kappa shape index (κ3) is 5.11. The number of hydrogen-bond donors (Lipinski definition) is 1. The summed E-state index contributed by atoms with van der Waals surface area (Å²) >= 11 is 3.46. The second-order valence-corrected chi connectivity index (χ2v) is 10.7. The largest absolute Gasteiger partial charge is 0.493 e. The standard InChI is InChI=1S/C33H29BrN2O2/c1-37-32-19-23(11-18-31(32)38-21-22-9-14-25(34)15-10-22)20-35-26-16-12-24(13-17-26)33-29-7-4-6-27(29)28-5-2-3-8-30(28)36-33/h2-6,8-20,27,29,33,36H,7,21H2,1H3/t27-,29+,33+/m1/s1. The van der Waals surface area contributed by atoms with Crippen LogP contribution >= 0.6 is 15.9 Å². The fourth-order valence-corrected chi connectivity index (χ4v) is 5.68. The maximum absolute atomic E-state index is 6.00. The molecule has 0 aromatic heterocycles. The number of hydrogen-bond acceptors (Lipinski definition) is 4. The number of aliphatic imine (C=N–C) groups is 1. The van der Waals surface area contributed by atoms with E-state index in [0.717, 1.165) is 27.7 Å². The van der Waals surface area contributed by atoms with Crippen molar-refractivity contribution in [3.8, 4) is 11.5 Å². The van der Waals surface area contributed by atoms with Crippen molar-refractivity contribution < 1.29 is 9.47 Å². The summed E-state index contributed by atoms with van der Waals surface area (Å²) < 4.78 is 12.6. The van der Waals surface area contributed by atoms with E-state index in [0.29, 0.717) is 29.9 Å². The molecule has 1 aliphatic carbocycles. The SMILES string of the molecule is COc1cc(C=Nc2ccc([C@@H]3Nc4ccccc4[C@H]4C=CC[C@@H]43)cc2)ccc1OCc1ccc(Br)cc1. The van der Waals surface area contributed by atoms with Crippen LogP contribution in [-0.4, -0.2) is 13.3 Å². The van der Waals surface area contributed by atoms with Gasteiger partial charge in [-0.2, -0.15) is 0 Å². The molecule has 4 aromatic rings. The molecule has 0 bridgehead atoms. The Hall–Kier alpha value is -3.83. The zero-order valence-electron chi connectivity index (χ0n) is 21.2. The third-order valence-corrected chi connectivity index (χ3v) is 7.91. The molecule has 5 heteroatoms. The van der Waals surface area contributed by atoms with Crippen LogP contribution in [0.2, 0.25) is 0 Å². The average molecular weight is 566 g/mol. The van der Waals surface area contributed by atoms with Gasteiger partial charge in [0.25, 0.3) is 0 Å². The van der Waals surface area contributed by atoms with Crippen LogP contribution in [0.5, 0.6) is 11.5 Å². The van der Waals surface area contributed by atoms with Crippen molar-refractivity contribution >= 4 is 33.5 Å². The van der Waals surface area contributed by atoms with Crippen LogP contribution in [0.25, 0.3) is 0 Å². The normalized spacial score (nSPS) is 19.6. The van der Waals surface area contributed by atoms with Crippen LogP contribution < -0.4 is 14.8 Å². The van der Waals surface area contributed by atoms with Gasteiger partial charge in [-0.15, -0.1) is 0 Å². The van der Waals surface area contributed by atoms with E-state index in [1.54, 1.807) is 7.11 Å². The monoisotopic (exact) mass is 564 g/mol. The zero-order valence-corrected chi connectivity index (χ0v) is 22.8. The maximum Gasteiger partial charge on any atom is 0.161 e. The van der Waals surface area contributed by atoms with Crippen molar-refractivity contribution in [2.75, 3.05) is 12.4 Å². The Morgan fingerprint density at radius 1 is 0.947 bits per heavy atom. The number of rotatable bonds is 7. The molecule has 2 aliphatic rings. The smallest absolute Gasteiger partial charge is 0.161 e. The van der Waals surface area contributed by atoms with Crippen molar-refractivity contribution in [1.29, 1.82) is 0 Å². The summed E-state index contributed by atoms with van der Waals surface area (Å²) in [6.07, 6.45) is 7.67. The summed E-state index contributed by atoms with van der Waals surface area (Å²) in [4.78, 5) is 4.71. The number of anilines is 1. The highest BCUT2D eigenvalue weighted by atomic mass is 79.9. The molecule has 0 saturated carbocycles. The zero-order chi connectivity index (χ0) is 25.9. The van der Waals surface area contributed by atoms with Crippen LogP contribution in [0.15, 0.2) is 113 Å². The molecule has 38 heavy (non-hydrogen) atoms. The molecule has 1 heterocycles. The summed E-state index contributed by atoms with van der Waals surface area (Å²) in [5.41, 5.74) is 6.91. The fourth-order valence-electron chi connectivity index (χ4n) is 5.42. The van der Waals surface area contributed by atoms with Gasteiger partial charge in [0.2, 0.25) is 0 Å². The fraction of sp³-hybridized carbons (Fsp3) is 0.182. The van der Waals surface area contributed by atoms with Gasteiger partial charge in [0.05, 0.1) is 18.8 Å². The molecule has 6 rings (SSSR count). The molecular formula is C33H29BrN2O2. The predicted molar refractivity (Wildman–Crippen MR) is 158 cm³/mol. The Morgan fingerprint density at radius 3 is 2.58 bits per heavy atom. The first kappa shape index (κ1) is 24.5.